The number of benzene rings is 1. The van der Waals surface area contributed by atoms with Crippen molar-refractivity contribution in [2.24, 2.45) is 5.92 Å². The van der Waals surface area contributed by atoms with Gasteiger partial charge in [0.25, 0.3) is 11.8 Å². The Morgan fingerprint density at radius 3 is 2.16 bits per heavy atom. The summed E-state index contributed by atoms with van der Waals surface area (Å²) in [6.45, 7) is 7.01. The van der Waals surface area contributed by atoms with Crippen LogP contribution in [0.2, 0.25) is 0 Å². The summed E-state index contributed by atoms with van der Waals surface area (Å²) in [5.41, 5.74) is 1.99. The first-order valence-electron chi connectivity index (χ1n) is 12.6. The SMILES string of the molecule is CCN(CC)C(=O)C1CCN(c2cccc3c2C(=O)N(C2CCCCCCC2)C3=O)CC1. The van der Waals surface area contributed by atoms with E-state index in [4.69, 9.17) is 0 Å². The number of anilines is 1. The lowest BCUT2D eigenvalue weighted by molar-refractivity contribution is -0.135. The second-order valence-corrected chi connectivity index (χ2v) is 9.45. The van der Waals surface area contributed by atoms with Crippen LogP contribution in [-0.2, 0) is 4.79 Å². The van der Waals surface area contributed by atoms with Crippen molar-refractivity contribution in [3.05, 3.63) is 29.3 Å². The van der Waals surface area contributed by atoms with Gasteiger partial charge in [-0.05, 0) is 51.7 Å². The minimum Gasteiger partial charge on any atom is -0.371 e. The zero-order valence-corrected chi connectivity index (χ0v) is 19.6. The topological polar surface area (TPSA) is 60.9 Å². The number of amides is 3. The molecule has 174 valence electrons. The Balaban J connectivity index is 1.51. The van der Waals surface area contributed by atoms with E-state index in [1.54, 1.807) is 11.0 Å². The molecule has 0 N–H and O–H groups in total. The smallest absolute Gasteiger partial charge is 0.263 e. The normalized spacial score (nSPS) is 20.8. The molecule has 0 atom stereocenters. The van der Waals surface area contributed by atoms with E-state index in [0.29, 0.717) is 11.1 Å². The molecule has 3 aliphatic rings. The van der Waals surface area contributed by atoms with Gasteiger partial charge in [0.2, 0.25) is 5.91 Å². The van der Waals surface area contributed by atoms with Gasteiger partial charge < -0.3 is 9.80 Å². The molecule has 6 heteroatoms. The second-order valence-electron chi connectivity index (χ2n) is 9.45. The highest BCUT2D eigenvalue weighted by molar-refractivity contribution is 6.24. The van der Waals surface area contributed by atoms with E-state index in [1.165, 1.54) is 19.3 Å². The molecule has 3 amide bonds. The summed E-state index contributed by atoms with van der Waals surface area (Å²) >= 11 is 0. The fourth-order valence-corrected chi connectivity index (χ4v) is 5.73. The Labute approximate surface area is 191 Å². The van der Waals surface area contributed by atoms with Crippen LogP contribution in [0.1, 0.15) is 92.4 Å². The van der Waals surface area contributed by atoms with E-state index in [1.807, 2.05) is 30.9 Å². The van der Waals surface area contributed by atoms with E-state index in [0.717, 1.165) is 70.4 Å². The van der Waals surface area contributed by atoms with Crippen molar-refractivity contribution in [3.8, 4) is 0 Å². The van der Waals surface area contributed by atoms with Crippen LogP contribution in [0, 0.1) is 5.92 Å². The molecule has 2 fully saturated rings. The summed E-state index contributed by atoms with van der Waals surface area (Å²) in [7, 11) is 0. The van der Waals surface area contributed by atoms with Gasteiger partial charge >= 0.3 is 0 Å². The molecule has 2 aliphatic heterocycles. The molecular formula is C26H37N3O3. The van der Waals surface area contributed by atoms with E-state index in [9.17, 15) is 14.4 Å². The molecule has 1 saturated carbocycles. The molecule has 1 aromatic carbocycles. The van der Waals surface area contributed by atoms with E-state index < -0.39 is 0 Å². The molecule has 32 heavy (non-hydrogen) atoms. The molecule has 6 nitrogen and oxygen atoms in total. The molecule has 4 rings (SSSR count). The number of nitrogens with zero attached hydrogens (tertiary/aromatic N) is 3. The highest BCUT2D eigenvalue weighted by Gasteiger charge is 2.42. The van der Waals surface area contributed by atoms with Crippen LogP contribution in [0.5, 0.6) is 0 Å². The highest BCUT2D eigenvalue weighted by atomic mass is 16.2. The van der Waals surface area contributed by atoms with Crippen molar-refractivity contribution in [1.82, 2.24) is 9.80 Å². The Kier molecular flexibility index (Phi) is 7.17. The zero-order valence-electron chi connectivity index (χ0n) is 19.6. The number of piperidine rings is 1. The predicted molar refractivity (Wildman–Crippen MR) is 126 cm³/mol. The average Bonchev–Trinajstić information content (AvgIpc) is 3.05. The van der Waals surface area contributed by atoms with Gasteiger partial charge in [0, 0.05) is 38.1 Å². The number of rotatable bonds is 5. The number of carbonyl (C=O) groups is 3. The number of fused-ring (bicyclic) bond motifs is 1. The molecule has 0 spiro atoms. The molecule has 0 radical (unpaired) electrons. The summed E-state index contributed by atoms with van der Waals surface area (Å²) in [6, 6.07) is 5.69. The summed E-state index contributed by atoms with van der Waals surface area (Å²) < 4.78 is 0. The number of imide groups is 1. The Bertz CT molecular complexity index is 848. The maximum atomic E-state index is 13.5. The van der Waals surface area contributed by atoms with Gasteiger partial charge in [0.05, 0.1) is 16.8 Å². The first kappa shape index (κ1) is 22.8. The first-order valence-corrected chi connectivity index (χ1v) is 12.6. The molecule has 0 bridgehead atoms. The molecule has 0 unspecified atom stereocenters. The predicted octanol–water partition coefficient (Wildman–Crippen LogP) is 4.48. The Morgan fingerprint density at radius 2 is 1.53 bits per heavy atom. The molecule has 1 aromatic rings. The van der Waals surface area contributed by atoms with Gasteiger partial charge in [-0.1, -0.05) is 38.2 Å². The quantitative estimate of drug-likeness (QED) is 0.635. The van der Waals surface area contributed by atoms with Crippen molar-refractivity contribution in [2.75, 3.05) is 31.1 Å². The van der Waals surface area contributed by atoms with E-state index in [2.05, 4.69) is 4.90 Å². The fraction of sp³-hybridized carbons (Fsp3) is 0.654. The van der Waals surface area contributed by atoms with E-state index in [-0.39, 0.29) is 29.7 Å². The largest absolute Gasteiger partial charge is 0.371 e. The Morgan fingerprint density at radius 1 is 0.906 bits per heavy atom. The van der Waals surface area contributed by atoms with Crippen LogP contribution in [0.15, 0.2) is 18.2 Å². The summed E-state index contributed by atoms with van der Waals surface area (Å²) in [5.74, 6) is 0.0536. The van der Waals surface area contributed by atoms with Crippen LogP contribution in [-0.4, -0.2) is 59.7 Å². The average molecular weight is 440 g/mol. The monoisotopic (exact) mass is 439 g/mol. The second kappa shape index (κ2) is 10.1. The lowest BCUT2D eigenvalue weighted by Crippen LogP contribution is -2.43. The number of carbonyl (C=O) groups excluding carboxylic acids is 3. The molecule has 0 aromatic heterocycles. The fourth-order valence-electron chi connectivity index (χ4n) is 5.73. The summed E-state index contributed by atoms with van der Waals surface area (Å²) in [5, 5.41) is 0. The van der Waals surface area contributed by atoms with E-state index >= 15 is 0 Å². The van der Waals surface area contributed by atoms with Crippen LogP contribution in [0.3, 0.4) is 0 Å². The van der Waals surface area contributed by atoms with Crippen LogP contribution >= 0.6 is 0 Å². The van der Waals surface area contributed by atoms with Crippen LogP contribution in [0.4, 0.5) is 5.69 Å². The van der Waals surface area contributed by atoms with Crippen molar-refractivity contribution >= 4 is 23.4 Å². The highest BCUT2D eigenvalue weighted by Crippen LogP contribution is 2.36. The molecule has 1 aliphatic carbocycles. The zero-order chi connectivity index (χ0) is 22.7. The molecule has 2 heterocycles. The standard InChI is InChI=1S/C26H37N3O3/c1-3-27(4-2)24(30)19-15-17-28(18-16-19)22-14-10-13-21-23(22)26(32)29(25(21)31)20-11-8-6-5-7-9-12-20/h10,13-14,19-20H,3-9,11-12,15-18H2,1-2H3. The minimum atomic E-state index is -0.121. The van der Waals surface area contributed by atoms with Gasteiger partial charge in [-0.15, -0.1) is 0 Å². The first-order chi connectivity index (χ1) is 15.6. The van der Waals surface area contributed by atoms with Gasteiger partial charge in [0.15, 0.2) is 0 Å². The number of hydrogen-bond acceptors (Lipinski definition) is 4. The van der Waals surface area contributed by atoms with Crippen molar-refractivity contribution in [2.45, 2.75) is 77.7 Å². The molecular weight excluding hydrogens is 402 g/mol. The third-order valence-corrected chi connectivity index (χ3v) is 7.62. The van der Waals surface area contributed by atoms with Crippen molar-refractivity contribution < 1.29 is 14.4 Å². The van der Waals surface area contributed by atoms with Crippen LogP contribution in [0.25, 0.3) is 0 Å². The maximum Gasteiger partial charge on any atom is 0.263 e. The third kappa shape index (κ3) is 4.28. The third-order valence-electron chi connectivity index (χ3n) is 7.62. The van der Waals surface area contributed by atoms with Gasteiger partial charge in [-0.3, -0.25) is 19.3 Å². The lowest BCUT2D eigenvalue weighted by Gasteiger charge is -2.35. The minimum absolute atomic E-state index is 0.0213. The van der Waals surface area contributed by atoms with Crippen molar-refractivity contribution in [1.29, 1.82) is 0 Å². The van der Waals surface area contributed by atoms with Gasteiger partial charge in [-0.25, -0.2) is 0 Å². The Hall–Kier alpha value is -2.37. The summed E-state index contributed by atoms with van der Waals surface area (Å²) in [6.07, 6.45) is 9.20. The van der Waals surface area contributed by atoms with Gasteiger partial charge in [0.1, 0.15) is 0 Å². The lowest BCUT2D eigenvalue weighted by atomic mass is 9.94. The molecule has 1 saturated heterocycles. The van der Waals surface area contributed by atoms with Crippen molar-refractivity contribution in [3.63, 3.8) is 0 Å². The number of hydrogen-bond donors (Lipinski definition) is 0. The van der Waals surface area contributed by atoms with Gasteiger partial charge in [-0.2, -0.15) is 0 Å². The maximum absolute atomic E-state index is 13.5. The van der Waals surface area contributed by atoms with Crippen LogP contribution < -0.4 is 4.90 Å². The summed E-state index contributed by atoms with van der Waals surface area (Å²) in [4.78, 5) is 45.2.